The van der Waals surface area contributed by atoms with Crippen LogP contribution < -0.4 is 5.32 Å². The zero-order valence-electron chi connectivity index (χ0n) is 12.2. The lowest BCUT2D eigenvalue weighted by Crippen LogP contribution is -2.17. The summed E-state index contributed by atoms with van der Waals surface area (Å²) in [4.78, 5) is 10.3. The lowest BCUT2D eigenvalue weighted by atomic mass is 9.92. The van der Waals surface area contributed by atoms with Crippen LogP contribution in [-0.4, -0.2) is 16.5 Å². The SMILES string of the molecule is CCNc1nc(-c2cc(Br)c(Cl)s2)nc(C(C)(C)C)c1Br. The van der Waals surface area contributed by atoms with Gasteiger partial charge in [-0.15, -0.1) is 11.3 Å². The predicted octanol–water partition coefficient (Wildman–Crippen LogP) is 6.11. The van der Waals surface area contributed by atoms with Crippen LogP contribution in [0.1, 0.15) is 33.4 Å². The third kappa shape index (κ3) is 3.78. The van der Waals surface area contributed by atoms with Gasteiger partial charge in [-0.25, -0.2) is 9.97 Å². The van der Waals surface area contributed by atoms with Crippen LogP contribution in [0.2, 0.25) is 4.34 Å². The first kappa shape index (κ1) is 17.2. The van der Waals surface area contributed by atoms with E-state index in [4.69, 9.17) is 16.6 Å². The Balaban J connectivity index is 2.64. The molecule has 2 aromatic rings. The predicted molar refractivity (Wildman–Crippen MR) is 98.6 cm³/mol. The maximum absolute atomic E-state index is 6.13. The molecule has 0 unspecified atom stereocenters. The molecule has 0 saturated heterocycles. The van der Waals surface area contributed by atoms with Crippen molar-refractivity contribution in [2.75, 3.05) is 11.9 Å². The van der Waals surface area contributed by atoms with Crippen molar-refractivity contribution in [2.45, 2.75) is 33.1 Å². The molecule has 2 aromatic heterocycles. The minimum Gasteiger partial charge on any atom is -0.369 e. The molecule has 7 heteroatoms. The standard InChI is InChI=1S/C14H16Br2ClN3S/c1-5-18-13-9(16)10(14(2,3)4)19-12(20-13)8-6-7(15)11(17)21-8/h6H,5H2,1-4H3,(H,18,19,20). The minimum atomic E-state index is -0.0843. The van der Waals surface area contributed by atoms with Gasteiger partial charge in [0.25, 0.3) is 0 Å². The zero-order valence-corrected chi connectivity index (χ0v) is 17.0. The minimum absolute atomic E-state index is 0.0843. The monoisotopic (exact) mass is 451 g/mol. The Morgan fingerprint density at radius 3 is 2.43 bits per heavy atom. The molecule has 3 nitrogen and oxygen atoms in total. The van der Waals surface area contributed by atoms with Gasteiger partial charge >= 0.3 is 0 Å². The van der Waals surface area contributed by atoms with Crippen LogP contribution in [0.15, 0.2) is 15.0 Å². The maximum atomic E-state index is 6.13. The molecule has 0 fully saturated rings. The van der Waals surface area contributed by atoms with Crippen LogP contribution >= 0.6 is 54.8 Å². The molecule has 1 N–H and O–H groups in total. The van der Waals surface area contributed by atoms with Crippen molar-refractivity contribution in [1.82, 2.24) is 9.97 Å². The highest BCUT2D eigenvalue weighted by molar-refractivity contribution is 9.11. The Morgan fingerprint density at radius 2 is 1.95 bits per heavy atom. The molecule has 2 rings (SSSR count). The normalized spacial score (nSPS) is 11.8. The Labute approximate surface area is 150 Å². The third-order valence-electron chi connectivity index (χ3n) is 2.77. The van der Waals surface area contributed by atoms with E-state index in [0.717, 1.165) is 31.9 Å². The smallest absolute Gasteiger partial charge is 0.172 e. The van der Waals surface area contributed by atoms with Gasteiger partial charge in [-0.1, -0.05) is 32.4 Å². The van der Waals surface area contributed by atoms with E-state index in [9.17, 15) is 0 Å². The van der Waals surface area contributed by atoms with Gasteiger partial charge in [0.05, 0.1) is 15.0 Å². The van der Waals surface area contributed by atoms with Crippen LogP contribution in [0.3, 0.4) is 0 Å². The number of halogens is 3. The number of nitrogens with zero attached hydrogens (tertiary/aromatic N) is 2. The molecule has 0 aliphatic carbocycles. The summed E-state index contributed by atoms with van der Waals surface area (Å²) in [6, 6.07) is 1.96. The van der Waals surface area contributed by atoms with E-state index in [1.165, 1.54) is 11.3 Å². The quantitative estimate of drug-likeness (QED) is 0.609. The first-order chi connectivity index (χ1) is 9.74. The van der Waals surface area contributed by atoms with Crippen LogP contribution in [-0.2, 0) is 5.41 Å². The molecule has 0 saturated carbocycles. The molecule has 0 spiro atoms. The first-order valence-electron chi connectivity index (χ1n) is 6.51. The highest BCUT2D eigenvalue weighted by Gasteiger charge is 2.24. The zero-order chi connectivity index (χ0) is 15.8. The van der Waals surface area contributed by atoms with Crippen LogP contribution in [0.4, 0.5) is 5.82 Å². The summed E-state index contributed by atoms with van der Waals surface area (Å²) in [6.07, 6.45) is 0. The molecule has 0 aliphatic rings. The van der Waals surface area contributed by atoms with Crippen LogP contribution in [0, 0.1) is 0 Å². The van der Waals surface area contributed by atoms with Gasteiger partial charge < -0.3 is 5.32 Å². The lowest BCUT2D eigenvalue weighted by molar-refractivity contribution is 0.564. The summed E-state index contributed by atoms with van der Waals surface area (Å²) >= 11 is 14.7. The van der Waals surface area contributed by atoms with E-state index < -0.39 is 0 Å². The number of thiophene rings is 1. The van der Waals surface area contributed by atoms with Gasteiger partial charge in [-0.3, -0.25) is 0 Å². The average molecular weight is 454 g/mol. The van der Waals surface area contributed by atoms with Gasteiger partial charge in [0.2, 0.25) is 0 Å². The van der Waals surface area contributed by atoms with E-state index in [-0.39, 0.29) is 5.41 Å². The summed E-state index contributed by atoms with van der Waals surface area (Å²) < 4.78 is 2.50. The topological polar surface area (TPSA) is 37.8 Å². The lowest BCUT2D eigenvalue weighted by Gasteiger charge is -2.21. The molecule has 0 bridgehead atoms. The molecule has 0 atom stereocenters. The molecular formula is C14H16Br2ClN3S. The molecule has 2 heterocycles. The van der Waals surface area contributed by atoms with Crippen molar-refractivity contribution in [3.8, 4) is 10.7 Å². The first-order valence-corrected chi connectivity index (χ1v) is 9.29. The summed E-state index contributed by atoms with van der Waals surface area (Å²) in [5, 5.41) is 3.28. The number of aromatic nitrogens is 2. The second kappa shape index (κ2) is 6.52. The van der Waals surface area contributed by atoms with Crippen molar-refractivity contribution in [1.29, 1.82) is 0 Å². The van der Waals surface area contributed by atoms with Crippen molar-refractivity contribution < 1.29 is 0 Å². The number of hydrogen-bond donors (Lipinski definition) is 1. The number of anilines is 1. The van der Waals surface area contributed by atoms with E-state index in [1.54, 1.807) is 0 Å². The van der Waals surface area contributed by atoms with Crippen LogP contribution in [0.25, 0.3) is 10.7 Å². The van der Waals surface area contributed by atoms with Gasteiger partial charge in [-0.05, 0) is 44.8 Å². The molecule has 0 aromatic carbocycles. The van der Waals surface area contributed by atoms with Crippen molar-refractivity contribution in [3.63, 3.8) is 0 Å². The fourth-order valence-electron chi connectivity index (χ4n) is 1.80. The number of rotatable bonds is 3. The summed E-state index contributed by atoms with van der Waals surface area (Å²) in [5.41, 5.74) is 0.892. The van der Waals surface area contributed by atoms with Crippen molar-refractivity contribution in [2.24, 2.45) is 0 Å². The molecule has 0 radical (unpaired) electrons. The third-order valence-corrected chi connectivity index (χ3v) is 5.99. The Morgan fingerprint density at radius 1 is 1.29 bits per heavy atom. The van der Waals surface area contributed by atoms with Crippen LogP contribution in [0.5, 0.6) is 0 Å². The fourth-order valence-corrected chi connectivity index (χ4v) is 4.34. The van der Waals surface area contributed by atoms with Crippen molar-refractivity contribution >= 4 is 60.6 Å². The molecular weight excluding hydrogens is 438 g/mol. The molecule has 0 amide bonds. The molecule has 114 valence electrons. The molecule has 0 aliphatic heterocycles. The highest BCUT2D eigenvalue weighted by atomic mass is 79.9. The van der Waals surface area contributed by atoms with E-state index in [0.29, 0.717) is 10.2 Å². The van der Waals surface area contributed by atoms with Gasteiger partial charge in [0.15, 0.2) is 5.82 Å². The second-order valence-corrected chi connectivity index (χ2v) is 8.87. The van der Waals surface area contributed by atoms with E-state index >= 15 is 0 Å². The van der Waals surface area contributed by atoms with Gasteiger partial charge in [0.1, 0.15) is 10.2 Å². The van der Waals surface area contributed by atoms with Gasteiger partial charge in [0, 0.05) is 16.4 Å². The summed E-state index contributed by atoms with van der Waals surface area (Å²) in [5.74, 6) is 1.50. The summed E-state index contributed by atoms with van der Waals surface area (Å²) in [7, 11) is 0. The van der Waals surface area contributed by atoms with E-state index in [1.807, 2.05) is 13.0 Å². The average Bonchev–Trinajstić information content (AvgIpc) is 2.71. The second-order valence-electron chi connectivity index (χ2n) is 5.57. The largest absolute Gasteiger partial charge is 0.369 e. The Kier molecular flexibility index (Phi) is 5.34. The highest BCUT2D eigenvalue weighted by Crippen LogP contribution is 2.39. The van der Waals surface area contributed by atoms with E-state index in [2.05, 4.69) is 62.9 Å². The van der Waals surface area contributed by atoms with Gasteiger partial charge in [-0.2, -0.15) is 0 Å². The Bertz CT molecular complexity index is 645. The Hall–Kier alpha value is -0.170. The number of hydrogen-bond acceptors (Lipinski definition) is 4. The molecule has 21 heavy (non-hydrogen) atoms. The van der Waals surface area contributed by atoms with Crippen molar-refractivity contribution in [3.05, 3.63) is 25.0 Å². The summed E-state index contributed by atoms with van der Waals surface area (Å²) in [6.45, 7) is 9.25. The number of nitrogens with one attached hydrogen (secondary N) is 1. The fraction of sp³-hybridized carbons (Fsp3) is 0.429. The maximum Gasteiger partial charge on any atom is 0.172 e.